The second-order valence-electron chi connectivity index (χ2n) is 3.08. The summed E-state index contributed by atoms with van der Waals surface area (Å²) in [7, 11) is 0. The lowest BCUT2D eigenvalue weighted by Gasteiger charge is -2.09. The Morgan fingerprint density at radius 3 is 2.86 bits per heavy atom. The molecule has 1 saturated heterocycles. The Kier molecular flexibility index (Phi) is 2.65. The molecule has 3 nitrogen and oxygen atoms in total. The van der Waals surface area contributed by atoms with E-state index in [1.165, 1.54) is 0 Å². The number of carbonyl (C=O) groups is 1. The summed E-state index contributed by atoms with van der Waals surface area (Å²) in [6, 6.07) is 5.55. The van der Waals surface area contributed by atoms with Crippen LogP contribution in [0.25, 0.3) is 0 Å². The van der Waals surface area contributed by atoms with E-state index >= 15 is 0 Å². The van der Waals surface area contributed by atoms with E-state index < -0.39 is 0 Å². The van der Waals surface area contributed by atoms with Crippen LogP contribution in [0.1, 0.15) is 11.6 Å². The summed E-state index contributed by atoms with van der Waals surface area (Å²) in [5.41, 5.74) is 1.04. The largest absolute Gasteiger partial charge is 0.336 e. The molecule has 2 amide bonds. The highest BCUT2D eigenvalue weighted by Gasteiger charge is 2.21. The Hall–Kier alpha value is -0.740. The van der Waals surface area contributed by atoms with Gasteiger partial charge in [-0.1, -0.05) is 17.7 Å². The molecule has 74 valence electrons. The Labute approximate surface area is 95.0 Å². The monoisotopic (exact) mass is 274 g/mol. The predicted octanol–water partition coefficient (Wildman–Crippen LogP) is 2.46. The van der Waals surface area contributed by atoms with Gasteiger partial charge in [0.15, 0.2) is 0 Å². The summed E-state index contributed by atoms with van der Waals surface area (Å²) in [5.74, 6) is 0. The number of nitrogens with one attached hydrogen (secondary N) is 2. The molecule has 1 heterocycles. The second-order valence-corrected chi connectivity index (χ2v) is 4.34. The van der Waals surface area contributed by atoms with Gasteiger partial charge in [-0.2, -0.15) is 0 Å². The molecule has 0 saturated carbocycles. The van der Waals surface area contributed by atoms with E-state index in [4.69, 9.17) is 11.6 Å². The molecule has 0 aromatic heterocycles. The van der Waals surface area contributed by atoms with Crippen molar-refractivity contribution in [2.45, 2.75) is 6.04 Å². The van der Waals surface area contributed by atoms with Crippen LogP contribution in [0.5, 0.6) is 0 Å². The minimum Gasteiger partial charge on any atom is -0.336 e. The second kappa shape index (κ2) is 3.79. The number of carbonyl (C=O) groups excluding carboxylic acids is 1. The summed E-state index contributed by atoms with van der Waals surface area (Å²) in [5, 5.41) is 6.18. The topological polar surface area (TPSA) is 41.1 Å². The first kappa shape index (κ1) is 9.80. The zero-order valence-electron chi connectivity index (χ0n) is 7.18. The van der Waals surface area contributed by atoms with E-state index in [0.29, 0.717) is 11.6 Å². The number of urea groups is 1. The van der Waals surface area contributed by atoms with Crippen LogP contribution in [0.3, 0.4) is 0 Å². The maximum Gasteiger partial charge on any atom is 0.315 e. The van der Waals surface area contributed by atoms with E-state index in [9.17, 15) is 4.79 Å². The van der Waals surface area contributed by atoms with E-state index in [1.54, 1.807) is 0 Å². The number of halogens is 2. The molecule has 1 atom stereocenters. The minimum absolute atomic E-state index is 0.0380. The third-order valence-corrected chi connectivity index (χ3v) is 3.33. The summed E-state index contributed by atoms with van der Waals surface area (Å²) in [6.45, 7) is 0.618. The lowest BCUT2D eigenvalue weighted by molar-refractivity contribution is 0.247. The first-order valence-corrected chi connectivity index (χ1v) is 5.33. The molecule has 1 aliphatic heterocycles. The van der Waals surface area contributed by atoms with Crippen molar-refractivity contribution in [1.29, 1.82) is 0 Å². The van der Waals surface area contributed by atoms with Gasteiger partial charge in [0.1, 0.15) is 0 Å². The molecule has 5 heteroatoms. The molecule has 14 heavy (non-hydrogen) atoms. The van der Waals surface area contributed by atoms with Crippen LogP contribution in [0.15, 0.2) is 22.7 Å². The van der Waals surface area contributed by atoms with E-state index in [-0.39, 0.29) is 12.1 Å². The van der Waals surface area contributed by atoms with Crippen molar-refractivity contribution < 1.29 is 4.79 Å². The quantitative estimate of drug-likeness (QED) is 0.812. The number of amides is 2. The molecular weight excluding hydrogens is 267 g/mol. The third kappa shape index (κ3) is 1.86. The average molecular weight is 276 g/mol. The smallest absolute Gasteiger partial charge is 0.315 e. The highest BCUT2D eigenvalue weighted by atomic mass is 79.9. The number of rotatable bonds is 1. The molecule has 0 aliphatic carbocycles. The molecule has 0 radical (unpaired) electrons. The Bertz CT molecular complexity index is 383. The van der Waals surface area contributed by atoms with Crippen molar-refractivity contribution >= 4 is 33.6 Å². The molecule has 0 spiro atoms. The summed E-state index contributed by atoms with van der Waals surface area (Å²) in [4.78, 5) is 10.9. The van der Waals surface area contributed by atoms with Crippen LogP contribution in [0.4, 0.5) is 4.79 Å². The van der Waals surface area contributed by atoms with Crippen LogP contribution in [0, 0.1) is 0 Å². The first-order chi connectivity index (χ1) is 6.66. The van der Waals surface area contributed by atoms with Crippen LogP contribution in [-0.2, 0) is 0 Å². The Morgan fingerprint density at radius 2 is 2.29 bits per heavy atom. The van der Waals surface area contributed by atoms with Gasteiger partial charge in [-0.15, -0.1) is 0 Å². The molecule has 1 aliphatic rings. The molecule has 1 aromatic carbocycles. The van der Waals surface area contributed by atoms with Gasteiger partial charge in [-0.05, 0) is 33.6 Å². The number of benzene rings is 1. The van der Waals surface area contributed by atoms with Gasteiger partial charge in [-0.3, -0.25) is 0 Å². The van der Waals surface area contributed by atoms with Crippen molar-refractivity contribution in [1.82, 2.24) is 10.6 Å². The molecule has 0 bridgehead atoms. The highest BCUT2D eigenvalue weighted by molar-refractivity contribution is 9.10. The van der Waals surface area contributed by atoms with Crippen molar-refractivity contribution in [3.05, 3.63) is 33.3 Å². The van der Waals surface area contributed by atoms with Crippen molar-refractivity contribution in [2.75, 3.05) is 6.54 Å². The van der Waals surface area contributed by atoms with E-state index in [2.05, 4.69) is 26.6 Å². The SMILES string of the molecule is O=C1NC[C@H](c2ccc(Cl)c(Br)c2)N1. The van der Waals surface area contributed by atoms with Crippen LogP contribution < -0.4 is 10.6 Å². The van der Waals surface area contributed by atoms with E-state index in [0.717, 1.165) is 10.0 Å². The molecule has 2 rings (SSSR count). The maximum atomic E-state index is 10.9. The molecular formula is C9H8BrClN2O. The molecule has 1 aromatic rings. The van der Waals surface area contributed by atoms with Gasteiger partial charge >= 0.3 is 6.03 Å². The van der Waals surface area contributed by atoms with Gasteiger partial charge in [0, 0.05) is 11.0 Å². The fourth-order valence-electron chi connectivity index (χ4n) is 1.39. The van der Waals surface area contributed by atoms with Crippen LogP contribution >= 0.6 is 27.5 Å². The summed E-state index contributed by atoms with van der Waals surface area (Å²) >= 11 is 9.21. The summed E-state index contributed by atoms with van der Waals surface area (Å²) in [6.07, 6.45) is 0. The van der Waals surface area contributed by atoms with Gasteiger partial charge in [-0.25, -0.2) is 4.79 Å². The predicted molar refractivity (Wildman–Crippen MR) is 58.4 cm³/mol. The minimum atomic E-state index is -0.124. The normalized spacial score (nSPS) is 20.4. The van der Waals surface area contributed by atoms with E-state index in [1.807, 2.05) is 18.2 Å². The molecule has 1 fully saturated rings. The summed E-state index contributed by atoms with van der Waals surface area (Å²) < 4.78 is 0.845. The standard InChI is InChI=1S/C9H8BrClN2O/c10-6-3-5(1-2-7(6)11)8-4-12-9(14)13-8/h1-3,8H,4H2,(H2,12,13,14)/t8-/m1/s1. The van der Waals surface area contributed by atoms with Gasteiger partial charge in [0.25, 0.3) is 0 Å². The average Bonchev–Trinajstić information content (AvgIpc) is 2.57. The fourth-order valence-corrected chi connectivity index (χ4v) is 1.90. The van der Waals surface area contributed by atoms with Crippen LogP contribution in [-0.4, -0.2) is 12.6 Å². The maximum absolute atomic E-state index is 10.9. The lowest BCUT2D eigenvalue weighted by atomic mass is 10.1. The highest BCUT2D eigenvalue weighted by Crippen LogP contribution is 2.26. The van der Waals surface area contributed by atoms with Gasteiger partial charge < -0.3 is 10.6 Å². The first-order valence-electron chi connectivity index (χ1n) is 4.16. The Balaban J connectivity index is 2.24. The van der Waals surface area contributed by atoms with Crippen molar-refractivity contribution in [2.24, 2.45) is 0 Å². The van der Waals surface area contributed by atoms with Gasteiger partial charge in [0.2, 0.25) is 0 Å². The number of hydrogen-bond acceptors (Lipinski definition) is 1. The van der Waals surface area contributed by atoms with Crippen LogP contribution in [0.2, 0.25) is 5.02 Å². The van der Waals surface area contributed by atoms with Gasteiger partial charge in [0.05, 0.1) is 11.1 Å². The Morgan fingerprint density at radius 1 is 1.50 bits per heavy atom. The molecule has 0 unspecified atom stereocenters. The lowest BCUT2D eigenvalue weighted by Crippen LogP contribution is -2.21. The zero-order valence-corrected chi connectivity index (χ0v) is 9.52. The third-order valence-electron chi connectivity index (χ3n) is 2.12. The molecule has 2 N–H and O–H groups in total. The van der Waals surface area contributed by atoms with Crippen molar-refractivity contribution in [3.8, 4) is 0 Å². The number of hydrogen-bond donors (Lipinski definition) is 2. The zero-order chi connectivity index (χ0) is 10.1. The van der Waals surface area contributed by atoms with Crippen molar-refractivity contribution in [3.63, 3.8) is 0 Å². The fraction of sp³-hybridized carbons (Fsp3) is 0.222.